The lowest BCUT2D eigenvalue weighted by atomic mass is 10.0. The summed E-state index contributed by atoms with van der Waals surface area (Å²) in [5.41, 5.74) is 2.05. The molecule has 1 aromatic heterocycles. The third-order valence-corrected chi connectivity index (χ3v) is 5.05. The van der Waals surface area contributed by atoms with Crippen LogP contribution in [-0.2, 0) is 6.42 Å². The second kappa shape index (κ2) is 10.3. The number of hydrogen-bond donors (Lipinski definition) is 2. The summed E-state index contributed by atoms with van der Waals surface area (Å²) < 4.78 is 5.74. The highest BCUT2D eigenvalue weighted by Crippen LogP contribution is 2.22. The van der Waals surface area contributed by atoms with Crippen LogP contribution in [0.4, 0.5) is 0 Å². The molecule has 160 valence electrons. The minimum absolute atomic E-state index is 0.147. The molecule has 0 spiro atoms. The van der Waals surface area contributed by atoms with Gasteiger partial charge in [0, 0.05) is 17.6 Å². The van der Waals surface area contributed by atoms with Gasteiger partial charge in [-0.05, 0) is 48.4 Å². The molecule has 1 heterocycles. The minimum atomic E-state index is -1.03. The number of rotatable bonds is 8. The van der Waals surface area contributed by atoms with Gasteiger partial charge in [0.1, 0.15) is 5.56 Å². The third-order valence-electron chi connectivity index (χ3n) is 4.59. The van der Waals surface area contributed by atoms with Gasteiger partial charge in [-0.3, -0.25) is 4.79 Å². The van der Waals surface area contributed by atoms with Gasteiger partial charge in [-0.15, -0.1) is 0 Å². The molecular formula is C23H20Cl2N2O4. The van der Waals surface area contributed by atoms with Gasteiger partial charge in [-0.1, -0.05) is 47.5 Å². The topological polar surface area (TPSA) is 88.5 Å². The van der Waals surface area contributed by atoms with Crippen LogP contribution >= 0.6 is 23.2 Å². The van der Waals surface area contributed by atoms with Crippen LogP contribution in [0.25, 0.3) is 0 Å². The summed E-state index contributed by atoms with van der Waals surface area (Å²) in [6.07, 6.45) is 2.02. The van der Waals surface area contributed by atoms with Gasteiger partial charge in [0.2, 0.25) is 5.88 Å². The summed E-state index contributed by atoms with van der Waals surface area (Å²) in [4.78, 5) is 28.2. The quantitative estimate of drug-likeness (QED) is 0.484. The van der Waals surface area contributed by atoms with Crippen molar-refractivity contribution in [1.82, 2.24) is 10.3 Å². The summed E-state index contributed by atoms with van der Waals surface area (Å²) in [7, 11) is 0. The minimum Gasteiger partial charge on any atom is -0.478 e. The highest BCUT2D eigenvalue weighted by molar-refractivity contribution is 6.31. The first-order chi connectivity index (χ1) is 14.8. The van der Waals surface area contributed by atoms with Crippen molar-refractivity contribution in [3.8, 4) is 5.88 Å². The van der Waals surface area contributed by atoms with E-state index in [0.29, 0.717) is 28.6 Å². The Hall–Kier alpha value is -3.09. The van der Waals surface area contributed by atoms with Crippen molar-refractivity contribution in [2.45, 2.75) is 19.4 Å². The fourth-order valence-corrected chi connectivity index (χ4v) is 3.20. The van der Waals surface area contributed by atoms with E-state index in [1.807, 2.05) is 12.1 Å². The Balaban J connectivity index is 1.70. The second-order valence-corrected chi connectivity index (χ2v) is 7.73. The Morgan fingerprint density at radius 3 is 2.55 bits per heavy atom. The molecule has 0 aliphatic heterocycles. The first-order valence-corrected chi connectivity index (χ1v) is 10.3. The molecule has 1 atom stereocenters. The monoisotopic (exact) mass is 458 g/mol. The van der Waals surface area contributed by atoms with Gasteiger partial charge in [-0.2, -0.15) is 0 Å². The van der Waals surface area contributed by atoms with Crippen LogP contribution in [0.2, 0.25) is 10.0 Å². The average Bonchev–Trinajstić information content (AvgIpc) is 2.76. The molecule has 2 aromatic carbocycles. The molecule has 0 fully saturated rings. The predicted molar refractivity (Wildman–Crippen MR) is 119 cm³/mol. The molecule has 8 heteroatoms. The summed E-state index contributed by atoms with van der Waals surface area (Å²) in [6, 6.07) is 14.9. The molecule has 2 N–H and O–H groups in total. The summed E-state index contributed by atoms with van der Waals surface area (Å²) in [5.74, 6) is -1.29. The van der Waals surface area contributed by atoms with Gasteiger partial charge in [0.25, 0.3) is 5.91 Å². The van der Waals surface area contributed by atoms with Crippen molar-refractivity contribution in [2.24, 2.45) is 0 Å². The molecular weight excluding hydrogens is 439 g/mol. The Morgan fingerprint density at radius 2 is 1.84 bits per heavy atom. The van der Waals surface area contributed by atoms with E-state index in [2.05, 4.69) is 10.3 Å². The van der Waals surface area contributed by atoms with E-state index < -0.39 is 17.9 Å². The maximum Gasteiger partial charge on any atom is 0.335 e. The fraction of sp³-hybridized carbons (Fsp3) is 0.174. The lowest BCUT2D eigenvalue weighted by Gasteiger charge is -2.16. The third kappa shape index (κ3) is 6.20. The van der Waals surface area contributed by atoms with Gasteiger partial charge in [0.15, 0.2) is 0 Å². The normalized spacial score (nSPS) is 11.6. The maximum absolute atomic E-state index is 12.9. The molecule has 0 aliphatic rings. The average molecular weight is 459 g/mol. The van der Waals surface area contributed by atoms with Crippen molar-refractivity contribution in [3.63, 3.8) is 0 Å². The number of amides is 1. The smallest absolute Gasteiger partial charge is 0.335 e. The summed E-state index contributed by atoms with van der Waals surface area (Å²) in [6.45, 7) is 2.07. The number of carboxylic acids is 1. The summed E-state index contributed by atoms with van der Waals surface area (Å²) in [5, 5.41) is 13.0. The number of ether oxygens (including phenoxy) is 1. The van der Waals surface area contributed by atoms with Gasteiger partial charge < -0.3 is 15.2 Å². The number of aromatic carboxylic acids is 1. The van der Waals surface area contributed by atoms with Crippen molar-refractivity contribution >= 4 is 35.1 Å². The number of nitrogens with zero attached hydrogens (tertiary/aromatic N) is 1. The van der Waals surface area contributed by atoms with E-state index in [-0.39, 0.29) is 17.0 Å². The van der Waals surface area contributed by atoms with Crippen LogP contribution in [0.15, 0.2) is 60.8 Å². The molecule has 3 rings (SSSR count). The number of benzene rings is 2. The number of carbonyl (C=O) groups excluding carboxylic acids is 1. The predicted octanol–water partition coefficient (Wildman–Crippen LogP) is 5.20. The van der Waals surface area contributed by atoms with E-state index in [1.165, 1.54) is 24.4 Å². The molecule has 0 aliphatic carbocycles. The zero-order valence-electron chi connectivity index (χ0n) is 16.6. The number of carboxylic acid groups (broad SMARTS) is 1. The van der Waals surface area contributed by atoms with Crippen LogP contribution in [0, 0.1) is 0 Å². The largest absolute Gasteiger partial charge is 0.478 e. The molecule has 1 amide bonds. The lowest BCUT2D eigenvalue weighted by molar-refractivity contribution is 0.0696. The molecule has 31 heavy (non-hydrogen) atoms. The zero-order chi connectivity index (χ0) is 22.4. The molecule has 6 nitrogen and oxygen atoms in total. The molecule has 0 saturated heterocycles. The van der Waals surface area contributed by atoms with Gasteiger partial charge in [0.05, 0.1) is 23.2 Å². The molecule has 0 saturated carbocycles. The van der Waals surface area contributed by atoms with Crippen LogP contribution in [0.5, 0.6) is 5.88 Å². The molecule has 0 radical (unpaired) electrons. The number of nitrogens with one attached hydrogen (secondary N) is 1. The highest BCUT2D eigenvalue weighted by atomic mass is 35.5. The zero-order valence-corrected chi connectivity index (χ0v) is 18.2. The van der Waals surface area contributed by atoms with Crippen molar-refractivity contribution in [2.75, 3.05) is 6.61 Å². The molecule has 3 aromatic rings. The number of carbonyl (C=O) groups is 2. The number of hydrogen-bond acceptors (Lipinski definition) is 4. The second-order valence-electron chi connectivity index (χ2n) is 6.86. The SMILES string of the molecule is C[C@H](NC(=O)c1cc(Cl)cnc1OCCc1ccc(Cl)cc1)c1cccc(C(=O)O)c1. The fourth-order valence-electron chi connectivity index (χ4n) is 2.92. The first kappa shape index (κ1) is 22.6. The Kier molecular flexibility index (Phi) is 7.50. The lowest BCUT2D eigenvalue weighted by Crippen LogP contribution is -2.27. The van der Waals surface area contributed by atoms with Crippen LogP contribution in [0.3, 0.4) is 0 Å². The van der Waals surface area contributed by atoms with Crippen molar-refractivity contribution < 1.29 is 19.4 Å². The van der Waals surface area contributed by atoms with Gasteiger partial charge >= 0.3 is 5.97 Å². The van der Waals surface area contributed by atoms with E-state index in [1.54, 1.807) is 31.2 Å². The Labute approximate surface area is 189 Å². The molecule has 0 unspecified atom stereocenters. The van der Waals surface area contributed by atoms with E-state index >= 15 is 0 Å². The van der Waals surface area contributed by atoms with Crippen molar-refractivity contribution in [3.05, 3.63) is 93.1 Å². The van der Waals surface area contributed by atoms with E-state index in [0.717, 1.165) is 5.56 Å². The van der Waals surface area contributed by atoms with Crippen LogP contribution in [-0.4, -0.2) is 28.6 Å². The first-order valence-electron chi connectivity index (χ1n) is 9.50. The standard InChI is InChI=1S/C23H20Cl2N2O4/c1-14(16-3-2-4-17(11-16)23(29)30)27-21(28)20-12-19(25)13-26-22(20)31-10-9-15-5-7-18(24)8-6-15/h2-8,11-14H,9-10H2,1H3,(H,27,28)(H,29,30)/t14-/m0/s1. The Bertz CT molecular complexity index is 1090. The molecule has 0 bridgehead atoms. The summed E-state index contributed by atoms with van der Waals surface area (Å²) >= 11 is 11.9. The van der Waals surface area contributed by atoms with E-state index in [4.69, 9.17) is 33.0 Å². The Morgan fingerprint density at radius 1 is 1.10 bits per heavy atom. The van der Waals surface area contributed by atoms with E-state index in [9.17, 15) is 9.59 Å². The van der Waals surface area contributed by atoms with Crippen LogP contribution in [0.1, 0.15) is 44.8 Å². The van der Waals surface area contributed by atoms with Crippen LogP contribution < -0.4 is 10.1 Å². The van der Waals surface area contributed by atoms with Gasteiger partial charge in [-0.25, -0.2) is 9.78 Å². The van der Waals surface area contributed by atoms with Crippen molar-refractivity contribution in [1.29, 1.82) is 0 Å². The number of aromatic nitrogens is 1. The maximum atomic E-state index is 12.9. The highest BCUT2D eigenvalue weighted by Gasteiger charge is 2.18. The number of pyridine rings is 1. The number of halogens is 2.